The molecule has 0 N–H and O–H groups in total. The maximum absolute atomic E-state index is 13.2. The molecule has 0 bridgehead atoms. The normalized spacial score (nSPS) is 11.1. The molecule has 9 rings (SSSR count). The lowest BCUT2D eigenvalue weighted by Crippen LogP contribution is -2.19. The van der Waals surface area contributed by atoms with E-state index in [0.29, 0.717) is 34.5 Å². The summed E-state index contributed by atoms with van der Waals surface area (Å²) in [4.78, 5) is 77.8. The highest BCUT2D eigenvalue weighted by Crippen LogP contribution is 2.36. The van der Waals surface area contributed by atoms with Gasteiger partial charge in [0.2, 0.25) is 0 Å². The second-order valence-corrected chi connectivity index (χ2v) is 19.7. The summed E-state index contributed by atoms with van der Waals surface area (Å²) in [6, 6.07) is 60.2. The Bertz CT molecular complexity index is 3520. The van der Waals surface area contributed by atoms with E-state index in [1.807, 2.05) is 76.2 Å². The van der Waals surface area contributed by atoms with Gasteiger partial charge in [0, 0.05) is 10.8 Å². The van der Waals surface area contributed by atoms with Gasteiger partial charge >= 0.3 is 35.8 Å². The molecule has 9 aromatic rings. The first-order valence-corrected chi connectivity index (χ1v) is 25.8. The molecule has 0 aliphatic rings. The summed E-state index contributed by atoms with van der Waals surface area (Å²) in [5.74, 6) is -0.887. The van der Waals surface area contributed by atoms with E-state index in [1.54, 1.807) is 97.1 Å². The van der Waals surface area contributed by atoms with Gasteiger partial charge in [-0.1, -0.05) is 100 Å². The number of methoxy groups -OCH3 is 2. The highest BCUT2D eigenvalue weighted by molar-refractivity contribution is 5.97. The monoisotopic (exact) mass is 1090 g/mol. The lowest BCUT2D eigenvalue weighted by Gasteiger charge is -2.26. The average molecular weight is 1100 g/mol. The predicted octanol–water partition coefficient (Wildman–Crippen LogP) is 13.7. The van der Waals surface area contributed by atoms with E-state index in [2.05, 4.69) is 0 Å². The molecule has 9 aromatic carbocycles. The number of hydrogen-bond donors (Lipinski definition) is 0. The van der Waals surface area contributed by atoms with Gasteiger partial charge in [0.25, 0.3) is 0 Å². The van der Waals surface area contributed by atoms with Crippen LogP contribution in [0.25, 0.3) is 0 Å². The third kappa shape index (κ3) is 13.1. The fraction of sp³-hybridized carbons (Fsp3) is 0.118. The SMILES string of the molecule is COc1ccccc1OC(=O)c1ccc(C(=O)Oc2ccc(C(C)(C)c3ccc(OC(=O)c4ccc(C(=O)Oc5ccc(C(C)(C)c6ccc(OC(=O)c7ccc(C(=O)Oc8ccccc8OC)cc7)cc6)cc5)cc4)cc3)cc2)cc1. The zero-order valence-electron chi connectivity index (χ0n) is 45.5. The smallest absolute Gasteiger partial charge is 0.343 e. The molecule has 0 radical (unpaired) electrons. The van der Waals surface area contributed by atoms with Crippen molar-refractivity contribution in [2.24, 2.45) is 0 Å². The summed E-state index contributed by atoms with van der Waals surface area (Å²) >= 11 is 0. The summed E-state index contributed by atoms with van der Waals surface area (Å²) in [5, 5.41) is 0. The minimum Gasteiger partial charge on any atom is -0.493 e. The lowest BCUT2D eigenvalue weighted by atomic mass is 9.78. The minimum absolute atomic E-state index is 0.235. The van der Waals surface area contributed by atoms with Gasteiger partial charge in [-0.2, -0.15) is 0 Å². The summed E-state index contributed by atoms with van der Waals surface area (Å²) in [6.07, 6.45) is 0. The van der Waals surface area contributed by atoms with Crippen LogP contribution in [0.3, 0.4) is 0 Å². The van der Waals surface area contributed by atoms with Crippen LogP contribution >= 0.6 is 0 Å². The van der Waals surface area contributed by atoms with Crippen LogP contribution in [0.2, 0.25) is 0 Å². The maximum atomic E-state index is 13.2. The molecule has 0 aliphatic heterocycles. The van der Waals surface area contributed by atoms with Crippen molar-refractivity contribution >= 4 is 35.8 Å². The molecule has 0 fully saturated rings. The zero-order chi connectivity index (χ0) is 58.0. The zero-order valence-corrected chi connectivity index (χ0v) is 45.5. The summed E-state index contributed by atoms with van der Waals surface area (Å²) in [5.41, 5.74) is 4.24. The Morgan fingerprint density at radius 3 is 0.622 bits per heavy atom. The molecule has 0 amide bonds. The quantitative estimate of drug-likeness (QED) is 0.0586. The lowest BCUT2D eigenvalue weighted by molar-refractivity contribution is 0.0717. The minimum atomic E-state index is -0.609. The maximum Gasteiger partial charge on any atom is 0.343 e. The van der Waals surface area contributed by atoms with E-state index in [9.17, 15) is 28.8 Å². The van der Waals surface area contributed by atoms with E-state index in [4.69, 9.17) is 37.9 Å². The summed E-state index contributed by atoms with van der Waals surface area (Å²) < 4.78 is 44.0. The molecule has 0 atom stereocenters. The molecule has 0 saturated carbocycles. The molecule has 0 heterocycles. The Morgan fingerprint density at radius 1 is 0.244 bits per heavy atom. The van der Waals surface area contributed by atoms with Crippen LogP contribution in [0.4, 0.5) is 0 Å². The molecule has 0 aliphatic carbocycles. The van der Waals surface area contributed by atoms with Crippen molar-refractivity contribution in [3.63, 3.8) is 0 Å². The van der Waals surface area contributed by atoms with Crippen molar-refractivity contribution in [2.75, 3.05) is 14.2 Å². The van der Waals surface area contributed by atoms with E-state index >= 15 is 0 Å². The predicted molar refractivity (Wildman–Crippen MR) is 305 cm³/mol. The second-order valence-electron chi connectivity index (χ2n) is 19.7. The Labute approximate surface area is 473 Å². The van der Waals surface area contributed by atoms with E-state index in [-0.39, 0.29) is 44.9 Å². The van der Waals surface area contributed by atoms with Crippen molar-refractivity contribution in [2.45, 2.75) is 38.5 Å². The highest BCUT2D eigenvalue weighted by Gasteiger charge is 2.26. The third-order valence-corrected chi connectivity index (χ3v) is 13.8. The Kier molecular flexibility index (Phi) is 16.8. The summed E-state index contributed by atoms with van der Waals surface area (Å²) in [6.45, 7) is 8.18. The number of rotatable bonds is 18. The molecule has 82 heavy (non-hydrogen) atoms. The van der Waals surface area contributed by atoms with Gasteiger partial charge in [0.1, 0.15) is 23.0 Å². The van der Waals surface area contributed by atoms with E-state index in [1.165, 1.54) is 87.0 Å². The van der Waals surface area contributed by atoms with Crippen molar-refractivity contribution < 1.29 is 66.7 Å². The molecule has 410 valence electrons. The van der Waals surface area contributed by atoms with Crippen LogP contribution < -0.4 is 37.9 Å². The van der Waals surface area contributed by atoms with Gasteiger partial charge in [0.05, 0.1) is 47.6 Å². The van der Waals surface area contributed by atoms with Crippen LogP contribution in [0.15, 0.2) is 218 Å². The Balaban J connectivity index is 0.726. The first-order chi connectivity index (χ1) is 39.5. The molecule has 0 spiro atoms. The van der Waals surface area contributed by atoms with E-state index < -0.39 is 46.6 Å². The third-order valence-electron chi connectivity index (χ3n) is 13.8. The van der Waals surface area contributed by atoms with Crippen molar-refractivity contribution in [3.8, 4) is 46.0 Å². The molecule has 0 unspecified atom stereocenters. The Morgan fingerprint density at radius 2 is 0.427 bits per heavy atom. The number of benzene rings is 9. The van der Waals surface area contributed by atoms with Crippen LogP contribution in [0.5, 0.6) is 46.0 Å². The Hall–Kier alpha value is -10.6. The van der Waals surface area contributed by atoms with E-state index in [0.717, 1.165) is 22.3 Å². The second kappa shape index (κ2) is 24.6. The average Bonchev–Trinajstić information content (AvgIpc) is 3.51. The van der Waals surface area contributed by atoms with Crippen molar-refractivity contribution in [1.29, 1.82) is 0 Å². The highest BCUT2D eigenvalue weighted by atomic mass is 16.6. The number of ether oxygens (including phenoxy) is 8. The number of carbonyl (C=O) groups is 6. The van der Waals surface area contributed by atoms with Crippen LogP contribution in [0.1, 0.15) is 112 Å². The topological polar surface area (TPSA) is 176 Å². The van der Waals surface area contributed by atoms with Crippen LogP contribution in [-0.4, -0.2) is 50.0 Å². The molecule has 0 aromatic heterocycles. The van der Waals surface area contributed by atoms with Gasteiger partial charge in [-0.3, -0.25) is 0 Å². The van der Waals surface area contributed by atoms with Crippen LogP contribution in [-0.2, 0) is 10.8 Å². The van der Waals surface area contributed by atoms with Crippen molar-refractivity contribution in [1.82, 2.24) is 0 Å². The number of esters is 6. The number of para-hydroxylation sites is 4. The molecular formula is C68H54O14. The van der Waals surface area contributed by atoms with Gasteiger partial charge in [-0.15, -0.1) is 0 Å². The van der Waals surface area contributed by atoms with Gasteiger partial charge in [-0.05, 0) is 168 Å². The standard InChI is InChI=1S/C68H54O14/c1-67(2,51-31-39-55(40-32-51)79-63(71)45-19-23-47(24-20-45)65(73)81-59-13-9-7-11-57(59)75-5)49-27-35-53(36-28-49)77-61(69)43-15-17-44(18-16-43)62(70)78-54-37-29-50(30-38-54)68(3,4)52-33-41-56(42-34-52)80-64(72)46-21-25-48(26-22-46)66(74)82-60-14-10-8-12-58(60)76-6/h7-42H,1-6H3. The fourth-order valence-electron chi connectivity index (χ4n) is 8.71. The first-order valence-electron chi connectivity index (χ1n) is 25.8. The summed E-state index contributed by atoms with van der Waals surface area (Å²) in [7, 11) is 2.97. The van der Waals surface area contributed by atoms with Crippen molar-refractivity contribution in [3.05, 3.63) is 274 Å². The molecular weight excluding hydrogens is 1040 g/mol. The molecule has 14 nitrogen and oxygen atoms in total. The van der Waals surface area contributed by atoms with Crippen LogP contribution in [0, 0.1) is 0 Å². The number of hydrogen-bond acceptors (Lipinski definition) is 14. The van der Waals surface area contributed by atoms with Gasteiger partial charge in [-0.25, -0.2) is 28.8 Å². The first kappa shape index (κ1) is 56.1. The van der Waals surface area contributed by atoms with Gasteiger partial charge in [0.15, 0.2) is 23.0 Å². The van der Waals surface area contributed by atoms with Gasteiger partial charge < -0.3 is 37.9 Å². The number of carbonyl (C=O) groups excluding carboxylic acids is 6. The fourth-order valence-corrected chi connectivity index (χ4v) is 8.71. The molecule has 0 saturated heterocycles. The molecule has 14 heteroatoms. The largest absolute Gasteiger partial charge is 0.493 e.